The first-order valence-corrected chi connectivity index (χ1v) is 6.10. The topological polar surface area (TPSA) is 12.0 Å². The SMILES string of the molecule is C(#Cc1ccccc1)CNCc1cccs1. The molecule has 0 aliphatic carbocycles. The van der Waals surface area contributed by atoms with E-state index >= 15 is 0 Å². The molecule has 0 unspecified atom stereocenters. The van der Waals surface area contributed by atoms with E-state index in [4.69, 9.17) is 0 Å². The molecule has 2 rings (SSSR count). The molecule has 1 aromatic carbocycles. The molecule has 0 atom stereocenters. The van der Waals surface area contributed by atoms with Crippen molar-refractivity contribution in [2.24, 2.45) is 0 Å². The van der Waals surface area contributed by atoms with Crippen LogP contribution in [0.3, 0.4) is 0 Å². The summed E-state index contributed by atoms with van der Waals surface area (Å²) in [6.45, 7) is 1.63. The van der Waals surface area contributed by atoms with Crippen LogP contribution in [0, 0.1) is 11.8 Å². The highest BCUT2D eigenvalue weighted by molar-refractivity contribution is 7.09. The van der Waals surface area contributed by atoms with Gasteiger partial charge in [0, 0.05) is 17.0 Å². The van der Waals surface area contributed by atoms with Crippen molar-refractivity contribution >= 4 is 11.3 Å². The Kier molecular flexibility index (Phi) is 4.18. The van der Waals surface area contributed by atoms with Crippen LogP contribution in [0.1, 0.15) is 10.4 Å². The van der Waals surface area contributed by atoms with Crippen LogP contribution in [-0.4, -0.2) is 6.54 Å². The first-order chi connectivity index (χ1) is 7.95. The van der Waals surface area contributed by atoms with Gasteiger partial charge in [-0.1, -0.05) is 36.1 Å². The van der Waals surface area contributed by atoms with E-state index in [-0.39, 0.29) is 0 Å². The molecule has 1 nitrogen and oxygen atoms in total. The molecule has 0 spiro atoms. The Hall–Kier alpha value is -1.56. The summed E-state index contributed by atoms with van der Waals surface area (Å²) in [5.41, 5.74) is 1.07. The summed E-state index contributed by atoms with van der Waals surface area (Å²) < 4.78 is 0. The smallest absolute Gasteiger partial charge is 0.0583 e. The largest absolute Gasteiger partial charge is 0.301 e. The maximum Gasteiger partial charge on any atom is 0.0583 e. The minimum atomic E-state index is 0.729. The highest BCUT2D eigenvalue weighted by Gasteiger charge is 1.89. The van der Waals surface area contributed by atoms with E-state index in [1.807, 2.05) is 30.3 Å². The predicted octanol–water partition coefficient (Wildman–Crippen LogP) is 2.89. The fourth-order valence-electron chi connectivity index (χ4n) is 1.33. The van der Waals surface area contributed by atoms with Crippen molar-refractivity contribution < 1.29 is 0 Å². The Balaban J connectivity index is 1.74. The zero-order valence-electron chi connectivity index (χ0n) is 8.94. The Morgan fingerprint density at radius 2 is 1.94 bits per heavy atom. The number of hydrogen-bond acceptors (Lipinski definition) is 2. The van der Waals surface area contributed by atoms with Gasteiger partial charge < -0.3 is 5.32 Å². The fraction of sp³-hybridized carbons (Fsp3) is 0.143. The zero-order chi connectivity index (χ0) is 11.1. The highest BCUT2D eigenvalue weighted by atomic mass is 32.1. The van der Waals surface area contributed by atoms with E-state index < -0.39 is 0 Å². The van der Waals surface area contributed by atoms with Gasteiger partial charge in [-0.2, -0.15) is 0 Å². The molecular weight excluding hydrogens is 214 g/mol. The lowest BCUT2D eigenvalue weighted by Crippen LogP contribution is -2.12. The monoisotopic (exact) mass is 227 g/mol. The molecule has 0 aliphatic rings. The Bertz CT molecular complexity index is 462. The molecule has 2 heteroatoms. The van der Waals surface area contributed by atoms with Crippen LogP contribution < -0.4 is 5.32 Å². The van der Waals surface area contributed by atoms with Crippen molar-refractivity contribution in [3.05, 3.63) is 58.3 Å². The van der Waals surface area contributed by atoms with Gasteiger partial charge in [-0.05, 0) is 23.6 Å². The normalized spacial score (nSPS) is 9.50. The Labute approximate surface area is 100 Å². The van der Waals surface area contributed by atoms with Crippen LogP contribution in [0.2, 0.25) is 0 Å². The van der Waals surface area contributed by atoms with Gasteiger partial charge in [0.15, 0.2) is 0 Å². The van der Waals surface area contributed by atoms with Gasteiger partial charge in [-0.3, -0.25) is 0 Å². The molecule has 2 aromatic rings. The van der Waals surface area contributed by atoms with Crippen molar-refractivity contribution in [2.45, 2.75) is 6.54 Å². The summed E-state index contributed by atoms with van der Waals surface area (Å²) in [5.74, 6) is 6.22. The second-order valence-electron chi connectivity index (χ2n) is 3.35. The predicted molar refractivity (Wildman–Crippen MR) is 69.3 cm³/mol. The standard InChI is InChI=1S/C14H13NS/c1-2-6-13(7-3-1)8-4-10-15-12-14-9-5-11-16-14/h1-3,5-7,9,11,15H,10,12H2. The molecule has 16 heavy (non-hydrogen) atoms. The van der Waals surface area contributed by atoms with Gasteiger partial charge >= 0.3 is 0 Å². The zero-order valence-corrected chi connectivity index (χ0v) is 9.76. The maximum atomic E-state index is 3.29. The maximum absolute atomic E-state index is 3.29. The highest BCUT2D eigenvalue weighted by Crippen LogP contribution is 2.06. The first kappa shape index (κ1) is 10.9. The third kappa shape index (κ3) is 3.54. The molecule has 0 saturated carbocycles. The van der Waals surface area contributed by atoms with Gasteiger partial charge in [0.25, 0.3) is 0 Å². The minimum absolute atomic E-state index is 0.729. The van der Waals surface area contributed by atoms with E-state index in [9.17, 15) is 0 Å². The second kappa shape index (κ2) is 6.12. The number of nitrogens with one attached hydrogen (secondary N) is 1. The fourth-order valence-corrected chi connectivity index (χ4v) is 2.00. The van der Waals surface area contributed by atoms with Crippen LogP contribution in [0.25, 0.3) is 0 Å². The van der Waals surface area contributed by atoms with Crippen LogP contribution in [0.15, 0.2) is 47.8 Å². The summed E-state index contributed by atoms with van der Waals surface area (Å²) in [6, 6.07) is 14.2. The first-order valence-electron chi connectivity index (χ1n) is 5.22. The molecule has 1 aromatic heterocycles. The summed E-state index contributed by atoms with van der Waals surface area (Å²) >= 11 is 1.77. The molecular formula is C14H13NS. The van der Waals surface area contributed by atoms with Crippen molar-refractivity contribution in [3.63, 3.8) is 0 Å². The van der Waals surface area contributed by atoms with Crippen LogP contribution >= 0.6 is 11.3 Å². The quantitative estimate of drug-likeness (QED) is 0.628. The van der Waals surface area contributed by atoms with E-state index in [1.54, 1.807) is 11.3 Å². The van der Waals surface area contributed by atoms with E-state index in [0.717, 1.165) is 18.7 Å². The summed E-state index contributed by atoms with van der Waals surface area (Å²) in [7, 11) is 0. The minimum Gasteiger partial charge on any atom is -0.301 e. The summed E-state index contributed by atoms with van der Waals surface area (Å²) in [4.78, 5) is 1.35. The van der Waals surface area contributed by atoms with Crippen molar-refractivity contribution in [2.75, 3.05) is 6.54 Å². The average Bonchev–Trinajstić information content (AvgIpc) is 2.83. The van der Waals surface area contributed by atoms with Crippen molar-refractivity contribution in [1.29, 1.82) is 0 Å². The molecule has 0 aliphatic heterocycles. The lowest BCUT2D eigenvalue weighted by Gasteiger charge is -1.95. The van der Waals surface area contributed by atoms with Crippen molar-refractivity contribution in [1.82, 2.24) is 5.32 Å². The summed E-state index contributed by atoms with van der Waals surface area (Å²) in [5, 5.41) is 5.38. The van der Waals surface area contributed by atoms with Gasteiger partial charge in [0.1, 0.15) is 0 Å². The number of rotatable bonds is 3. The van der Waals surface area contributed by atoms with E-state index in [1.165, 1.54) is 4.88 Å². The Morgan fingerprint density at radius 1 is 1.06 bits per heavy atom. The lowest BCUT2D eigenvalue weighted by molar-refractivity contribution is 0.781. The summed E-state index contributed by atoms with van der Waals surface area (Å²) in [6.07, 6.45) is 0. The lowest BCUT2D eigenvalue weighted by atomic mass is 10.2. The molecule has 0 saturated heterocycles. The Morgan fingerprint density at radius 3 is 2.69 bits per heavy atom. The molecule has 0 amide bonds. The molecule has 0 radical (unpaired) electrons. The van der Waals surface area contributed by atoms with Crippen LogP contribution in [-0.2, 0) is 6.54 Å². The van der Waals surface area contributed by atoms with Crippen molar-refractivity contribution in [3.8, 4) is 11.8 Å². The molecule has 1 heterocycles. The molecule has 0 bridgehead atoms. The molecule has 0 fully saturated rings. The van der Waals surface area contributed by atoms with Gasteiger partial charge in [0.2, 0.25) is 0 Å². The molecule has 80 valence electrons. The van der Waals surface area contributed by atoms with Crippen LogP contribution in [0.4, 0.5) is 0 Å². The number of benzene rings is 1. The average molecular weight is 227 g/mol. The van der Waals surface area contributed by atoms with E-state index in [2.05, 4.69) is 34.7 Å². The third-order valence-electron chi connectivity index (χ3n) is 2.10. The van der Waals surface area contributed by atoms with Gasteiger partial charge in [-0.15, -0.1) is 11.3 Å². The van der Waals surface area contributed by atoms with Gasteiger partial charge in [-0.25, -0.2) is 0 Å². The van der Waals surface area contributed by atoms with Crippen LogP contribution in [0.5, 0.6) is 0 Å². The number of hydrogen-bond donors (Lipinski definition) is 1. The van der Waals surface area contributed by atoms with E-state index in [0.29, 0.717) is 0 Å². The third-order valence-corrected chi connectivity index (χ3v) is 2.98. The molecule has 1 N–H and O–H groups in total. The number of thiophene rings is 1. The van der Waals surface area contributed by atoms with Gasteiger partial charge in [0.05, 0.1) is 6.54 Å². The second-order valence-corrected chi connectivity index (χ2v) is 4.38.